The number of hydrogen-bond acceptors (Lipinski definition) is 6. The van der Waals surface area contributed by atoms with Crippen LogP contribution in [0.4, 0.5) is 5.69 Å². The highest BCUT2D eigenvalue weighted by molar-refractivity contribution is 8.00. The molecule has 0 fully saturated rings. The lowest BCUT2D eigenvalue weighted by molar-refractivity contribution is -0.384. The topological polar surface area (TPSA) is 85.1 Å². The summed E-state index contributed by atoms with van der Waals surface area (Å²) in [6.07, 6.45) is 0. The van der Waals surface area contributed by atoms with E-state index in [0.29, 0.717) is 6.54 Å². The number of hydrogen-bond donors (Lipinski definition) is 1. The van der Waals surface area contributed by atoms with Crippen LogP contribution >= 0.6 is 23.1 Å². The molecule has 0 atom stereocenters. The second-order valence-corrected chi connectivity index (χ2v) is 7.06. The van der Waals surface area contributed by atoms with Crippen LogP contribution in [0.25, 0.3) is 10.2 Å². The molecule has 8 heteroatoms. The highest BCUT2D eigenvalue weighted by Gasteiger charge is 2.08. The van der Waals surface area contributed by atoms with Gasteiger partial charge in [-0.25, -0.2) is 4.98 Å². The first kappa shape index (κ1) is 16.4. The predicted molar refractivity (Wildman–Crippen MR) is 95.3 cm³/mol. The van der Waals surface area contributed by atoms with Gasteiger partial charge < -0.3 is 5.32 Å². The molecule has 2 aromatic carbocycles. The zero-order valence-corrected chi connectivity index (χ0v) is 14.1. The molecule has 1 amide bonds. The van der Waals surface area contributed by atoms with E-state index in [0.717, 1.165) is 20.1 Å². The third-order valence-corrected chi connectivity index (χ3v) is 5.24. The Kier molecular flexibility index (Phi) is 5.07. The minimum Gasteiger partial charge on any atom is -0.349 e. The molecule has 0 aliphatic heterocycles. The van der Waals surface area contributed by atoms with E-state index >= 15 is 0 Å². The molecule has 0 unspecified atom stereocenters. The summed E-state index contributed by atoms with van der Waals surface area (Å²) in [5.41, 5.74) is 0.978. The second-order valence-electron chi connectivity index (χ2n) is 4.89. The summed E-state index contributed by atoms with van der Waals surface area (Å²) in [5.74, 6) is 0.153. The predicted octanol–water partition coefficient (Wildman–Crippen LogP) is 3.61. The Morgan fingerprint density at radius 2 is 1.96 bits per heavy atom. The molecule has 0 radical (unpaired) electrons. The number of nitro groups is 1. The van der Waals surface area contributed by atoms with Gasteiger partial charge >= 0.3 is 0 Å². The van der Waals surface area contributed by atoms with E-state index in [-0.39, 0.29) is 17.3 Å². The van der Waals surface area contributed by atoms with E-state index in [1.165, 1.54) is 23.9 Å². The minimum absolute atomic E-state index is 0.0413. The highest BCUT2D eigenvalue weighted by atomic mass is 32.2. The number of carbonyl (C=O) groups excluding carboxylic acids is 1. The normalized spacial score (nSPS) is 10.7. The molecule has 0 bridgehead atoms. The zero-order chi connectivity index (χ0) is 16.9. The number of thiazole rings is 1. The lowest BCUT2D eigenvalue weighted by atomic mass is 10.3. The fourth-order valence-corrected chi connectivity index (χ4v) is 3.67. The number of fused-ring (bicyclic) bond motifs is 1. The quantitative estimate of drug-likeness (QED) is 0.413. The molecule has 0 saturated heterocycles. The Morgan fingerprint density at radius 1 is 1.21 bits per heavy atom. The molecule has 1 aromatic heterocycles. The molecule has 6 nitrogen and oxygen atoms in total. The van der Waals surface area contributed by atoms with Crippen molar-refractivity contribution in [2.24, 2.45) is 0 Å². The molecular weight excluding hydrogens is 346 g/mol. The summed E-state index contributed by atoms with van der Waals surface area (Å²) in [4.78, 5) is 27.3. The van der Waals surface area contributed by atoms with Crippen LogP contribution in [-0.2, 0) is 11.3 Å². The number of benzene rings is 2. The molecule has 24 heavy (non-hydrogen) atoms. The Balaban J connectivity index is 1.49. The maximum atomic E-state index is 11.9. The van der Waals surface area contributed by atoms with E-state index in [9.17, 15) is 14.9 Å². The molecule has 1 heterocycles. The van der Waals surface area contributed by atoms with Crippen LogP contribution in [0, 0.1) is 10.1 Å². The standard InChI is InChI=1S/C16H13N3O3S2/c20-15(10-23-12-7-5-11(6-8-12)19(21)22)17-9-16-18-13-3-1-2-4-14(13)24-16/h1-8H,9-10H2,(H,17,20). The van der Waals surface area contributed by atoms with Crippen LogP contribution in [0.3, 0.4) is 0 Å². The largest absolute Gasteiger partial charge is 0.349 e. The van der Waals surface area contributed by atoms with E-state index in [4.69, 9.17) is 0 Å². The summed E-state index contributed by atoms with van der Waals surface area (Å²) in [7, 11) is 0. The van der Waals surface area contributed by atoms with E-state index in [1.807, 2.05) is 24.3 Å². The summed E-state index contributed by atoms with van der Waals surface area (Å²) >= 11 is 2.90. The third-order valence-electron chi connectivity index (χ3n) is 3.19. The van der Waals surface area contributed by atoms with Crippen molar-refractivity contribution in [3.63, 3.8) is 0 Å². The Hall–Kier alpha value is -2.45. The van der Waals surface area contributed by atoms with E-state index in [2.05, 4.69) is 10.3 Å². The van der Waals surface area contributed by atoms with E-state index < -0.39 is 4.92 Å². The van der Waals surface area contributed by atoms with Gasteiger partial charge in [0.25, 0.3) is 5.69 Å². The first-order valence-corrected chi connectivity index (χ1v) is 8.90. The van der Waals surface area contributed by atoms with Gasteiger partial charge in [0.15, 0.2) is 0 Å². The van der Waals surface area contributed by atoms with Crippen molar-refractivity contribution in [3.05, 3.63) is 63.7 Å². The number of thioether (sulfide) groups is 1. The number of non-ortho nitro benzene ring substituents is 1. The monoisotopic (exact) mass is 359 g/mol. The summed E-state index contributed by atoms with van der Waals surface area (Å²) in [5, 5.41) is 14.3. The fourth-order valence-electron chi connectivity index (χ4n) is 2.03. The number of carbonyl (C=O) groups is 1. The molecule has 3 rings (SSSR count). The van der Waals surface area contributed by atoms with Crippen molar-refractivity contribution in [2.75, 3.05) is 5.75 Å². The SMILES string of the molecule is O=C(CSc1ccc([N+](=O)[O-])cc1)NCc1nc2ccccc2s1. The lowest BCUT2D eigenvalue weighted by Crippen LogP contribution is -2.24. The van der Waals surface area contributed by atoms with Gasteiger partial charge in [-0.15, -0.1) is 23.1 Å². The number of rotatable bonds is 6. The van der Waals surface area contributed by atoms with Crippen molar-refractivity contribution in [1.82, 2.24) is 10.3 Å². The zero-order valence-electron chi connectivity index (χ0n) is 12.5. The number of nitrogens with zero attached hydrogens (tertiary/aromatic N) is 2. The van der Waals surface area contributed by atoms with Crippen LogP contribution in [0.2, 0.25) is 0 Å². The molecular formula is C16H13N3O3S2. The number of nitro benzene ring substituents is 1. The van der Waals surface area contributed by atoms with Crippen molar-refractivity contribution in [1.29, 1.82) is 0 Å². The first-order chi connectivity index (χ1) is 11.6. The molecule has 1 N–H and O–H groups in total. The van der Waals surface area contributed by atoms with Gasteiger partial charge in [0.2, 0.25) is 5.91 Å². The second kappa shape index (κ2) is 7.41. The summed E-state index contributed by atoms with van der Waals surface area (Å²) in [6, 6.07) is 14.0. The fraction of sp³-hybridized carbons (Fsp3) is 0.125. The van der Waals surface area contributed by atoms with Crippen molar-refractivity contribution >= 4 is 44.9 Å². The van der Waals surface area contributed by atoms with Crippen LogP contribution in [0.1, 0.15) is 5.01 Å². The van der Waals surface area contributed by atoms with Crippen LogP contribution in [0.15, 0.2) is 53.4 Å². The third kappa shape index (κ3) is 4.09. The Labute approximate surface area is 146 Å². The average Bonchev–Trinajstić information content (AvgIpc) is 3.01. The maximum absolute atomic E-state index is 11.9. The maximum Gasteiger partial charge on any atom is 0.269 e. The summed E-state index contributed by atoms with van der Waals surface area (Å²) in [6.45, 7) is 0.402. The van der Waals surface area contributed by atoms with Crippen LogP contribution < -0.4 is 5.32 Å². The van der Waals surface area contributed by atoms with Crippen molar-refractivity contribution in [3.8, 4) is 0 Å². The van der Waals surface area contributed by atoms with Crippen molar-refractivity contribution in [2.45, 2.75) is 11.4 Å². The average molecular weight is 359 g/mol. The van der Waals surface area contributed by atoms with Gasteiger partial charge in [0.05, 0.1) is 27.4 Å². The summed E-state index contributed by atoms with van der Waals surface area (Å²) < 4.78 is 1.10. The van der Waals surface area contributed by atoms with Crippen LogP contribution in [-0.4, -0.2) is 21.6 Å². The number of amides is 1. The van der Waals surface area contributed by atoms with Gasteiger partial charge in [-0.1, -0.05) is 12.1 Å². The minimum atomic E-state index is -0.445. The Morgan fingerprint density at radius 3 is 2.67 bits per heavy atom. The lowest BCUT2D eigenvalue weighted by Gasteiger charge is -2.03. The number of nitrogens with one attached hydrogen (secondary N) is 1. The van der Waals surface area contributed by atoms with E-state index in [1.54, 1.807) is 23.5 Å². The number of aromatic nitrogens is 1. The molecule has 0 aliphatic rings. The van der Waals surface area contributed by atoms with Gasteiger partial charge in [-0.2, -0.15) is 0 Å². The smallest absolute Gasteiger partial charge is 0.269 e. The highest BCUT2D eigenvalue weighted by Crippen LogP contribution is 2.22. The Bertz CT molecular complexity index is 845. The first-order valence-electron chi connectivity index (χ1n) is 7.10. The van der Waals surface area contributed by atoms with Gasteiger partial charge in [-0.05, 0) is 24.3 Å². The molecule has 0 saturated carbocycles. The van der Waals surface area contributed by atoms with Gasteiger partial charge in [0, 0.05) is 17.0 Å². The van der Waals surface area contributed by atoms with Gasteiger partial charge in [0.1, 0.15) is 5.01 Å². The van der Waals surface area contributed by atoms with Crippen LogP contribution in [0.5, 0.6) is 0 Å². The molecule has 3 aromatic rings. The molecule has 0 aliphatic carbocycles. The van der Waals surface area contributed by atoms with Crippen molar-refractivity contribution < 1.29 is 9.72 Å². The number of para-hydroxylation sites is 1. The van der Waals surface area contributed by atoms with Gasteiger partial charge in [-0.3, -0.25) is 14.9 Å². The molecule has 122 valence electrons. The molecule has 0 spiro atoms.